The van der Waals surface area contributed by atoms with Crippen LogP contribution in [0.3, 0.4) is 0 Å². The number of unbranched alkanes of at least 4 members (excludes halogenated alkanes) is 2. The van der Waals surface area contributed by atoms with E-state index in [2.05, 4.69) is 9.48 Å². The van der Waals surface area contributed by atoms with Crippen LogP contribution in [0.25, 0.3) is 16.7 Å². The van der Waals surface area contributed by atoms with Crippen molar-refractivity contribution in [3.05, 3.63) is 81.9 Å². The number of carboxylic acids is 1. The number of ether oxygens (including phenoxy) is 1. The van der Waals surface area contributed by atoms with Gasteiger partial charge in [-0.05, 0) is 69.9 Å². The summed E-state index contributed by atoms with van der Waals surface area (Å²) in [5.74, 6) is -0.408. The Morgan fingerprint density at radius 1 is 0.868 bits per heavy atom. The summed E-state index contributed by atoms with van der Waals surface area (Å²) in [4.78, 5) is 18.1. The van der Waals surface area contributed by atoms with Crippen LogP contribution in [0.5, 0.6) is 11.5 Å². The number of hydrogen-bond acceptors (Lipinski definition) is 8. The van der Waals surface area contributed by atoms with Crippen LogP contribution >= 0.6 is 0 Å². The van der Waals surface area contributed by atoms with E-state index >= 15 is 0 Å². The van der Waals surface area contributed by atoms with Gasteiger partial charge in [-0.3, -0.25) is 13.9 Å². The summed E-state index contributed by atoms with van der Waals surface area (Å²) in [6.07, 6.45) is 9.25. The molecule has 3 aliphatic heterocycles. The molecule has 0 aliphatic carbocycles. The third kappa shape index (κ3) is 7.70. The van der Waals surface area contributed by atoms with Crippen LogP contribution in [0.4, 0.5) is 5.69 Å². The highest BCUT2D eigenvalue weighted by Crippen LogP contribution is 2.46. The van der Waals surface area contributed by atoms with Crippen molar-refractivity contribution >= 4 is 48.6 Å². The molecule has 13 nitrogen and oxygen atoms in total. The standard InChI is InChI=1S/C38H46N4O9S2/c1-7-41-30-18-32-28(16-26(30)24(20-37(41,3)4)22-52(45,46)47)35(36-39-13-15-40(36)14-11-9-10-12-34(43)44)29-17-27-25(23-53(48,49)50)21-38(5,6)42(8-2)31(27)19-33(29)51-32/h13,15-21H,7-12,14,22-23H2,1-6H3,(H2-,43,44,45,46,47,48,49,50)/p+1. The van der Waals surface area contributed by atoms with Gasteiger partial charge in [-0.2, -0.15) is 16.8 Å². The molecule has 53 heavy (non-hydrogen) atoms. The molecule has 284 valence electrons. The van der Waals surface area contributed by atoms with E-state index < -0.39 is 48.8 Å². The summed E-state index contributed by atoms with van der Waals surface area (Å²) >= 11 is 0. The van der Waals surface area contributed by atoms with Crippen molar-refractivity contribution in [2.75, 3.05) is 29.5 Å². The molecule has 6 rings (SSSR count). The Bertz CT molecular complexity index is 2430. The number of carbonyl (C=O) groups is 1. The lowest BCUT2D eigenvalue weighted by molar-refractivity contribution is -0.137. The number of likely N-dealkylation sites (N-methyl/N-ethyl adjacent to an activating group) is 2. The number of rotatable bonds is 13. The second-order valence-electron chi connectivity index (χ2n) is 14.9. The molecule has 0 unspecified atom stereocenters. The highest BCUT2D eigenvalue weighted by atomic mass is 32.2. The van der Waals surface area contributed by atoms with Crippen molar-refractivity contribution in [1.82, 2.24) is 14.1 Å². The van der Waals surface area contributed by atoms with Crippen LogP contribution in [0.1, 0.15) is 89.7 Å². The molecule has 0 atom stereocenters. The van der Waals surface area contributed by atoms with E-state index in [4.69, 9.17) is 14.8 Å². The highest BCUT2D eigenvalue weighted by molar-refractivity contribution is 7.86. The first kappa shape index (κ1) is 38.4. The third-order valence-electron chi connectivity index (χ3n) is 10.2. The SMILES string of the molecule is CCN1c2cc3c(cc2C(CS(=O)(=O)O)=CC1(C)C)C(c1nccn1CCCCCC(=O)O)=c1cc2c(cc1O3)=[N+](CC)C(C)(C)C=C2CS(=O)(=O)O. The second-order valence-corrected chi connectivity index (χ2v) is 17.8. The quantitative estimate of drug-likeness (QED) is 0.100. The molecule has 1 aromatic heterocycles. The van der Waals surface area contributed by atoms with Crippen LogP contribution in [0, 0.1) is 0 Å². The second kappa shape index (κ2) is 13.8. The zero-order valence-corrected chi connectivity index (χ0v) is 32.5. The average Bonchev–Trinajstić information content (AvgIpc) is 3.48. The molecule has 4 heterocycles. The van der Waals surface area contributed by atoms with E-state index in [1.54, 1.807) is 6.20 Å². The molecule has 0 saturated carbocycles. The molecular formula is C38H47N4O9S2+. The molecule has 0 radical (unpaired) electrons. The maximum Gasteiger partial charge on any atom is 0.303 e. The minimum absolute atomic E-state index is 0.0818. The van der Waals surface area contributed by atoms with Crippen LogP contribution < -0.4 is 24.8 Å². The number of hydrogen-bond donors (Lipinski definition) is 3. The van der Waals surface area contributed by atoms with Gasteiger partial charge in [0.25, 0.3) is 20.2 Å². The van der Waals surface area contributed by atoms with Gasteiger partial charge < -0.3 is 19.3 Å². The number of benzene rings is 2. The number of imidazole rings is 1. The van der Waals surface area contributed by atoms with Gasteiger partial charge in [0.05, 0.1) is 17.2 Å². The molecule has 0 amide bonds. The van der Waals surface area contributed by atoms with E-state index in [1.165, 1.54) is 0 Å². The Kier molecular flexibility index (Phi) is 10.0. The summed E-state index contributed by atoms with van der Waals surface area (Å²) in [6.45, 7) is 13.7. The maximum absolute atomic E-state index is 12.3. The fourth-order valence-corrected chi connectivity index (χ4v) is 9.45. The Morgan fingerprint density at radius 2 is 1.55 bits per heavy atom. The summed E-state index contributed by atoms with van der Waals surface area (Å²) in [6, 6.07) is 7.55. The van der Waals surface area contributed by atoms with Crippen molar-refractivity contribution in [2.24, 2.45) is 0 Å². The predicted molar refractivity (Wildman–Crippen MR) is 204 cm³/mol. The number of carboxylic acid groups (broad SMARTS) is 1. The number of aromatic nitrogens is 2. The number of aliphatic carboxylic acids is 1. The zero-order valence-electron chi connectivity index (χ0n) is 30.9. The first-order valence-corrected chi connectivity index (χ1v) is 21.0. The fourth-order valence-electron chi connectivity index (χ4n) is 8.19. The first-order valence-electron chi connectivity index (χ1n) is 17.8. The van der Waals surface area contributed by atoms with Gasteiger partial charge in [-0.25, -0.2) is 9.56 Å². The van der Waals surface area contributed by atoms with Crippen molar-refractivity contribution in [2.45, 2.75) is 84.8 Å². The average molecular weight is 768 g/mol. The van der Waals surface area contributed by atoms with Crippen LogP contribution in [-0.4, -0.2) is 82.2 Å². The highest BCUT2D eigenvalue weighted by Gasteiger charge is 2.38. The van der Waals surface area contributed by atoms with Gasteiger partial charge in [0, 0.05) is 79.4 Å². The largest absolute Gasteiger partial charge is 0.481 e. The van der Waals surface area contributed by atoms with E-state index in [9.17, 15) is 30.7 Å². The Morgan fingerprint density at radius 3 is 2.17 bits per heavy atom. The molecule has 3 aromatic rings. The lowest BCUT2D eigenvalue weighted by Crippen LogP contribution is -2.50. The molecule has 3 aliphatic rings. The van der Waals surface area contributed by atoms with Crippen LogP contribution in [0.2, 0.25) is 0 Å². The number of nitrogens with zero attached hydrogens (tertiary/aromatic N) is 4. The monoisotopic (exact) mass is 767 g/mol. The molecule has 0 saturated heterocycles. The van der Waals surface area contributed by atoms with Gasteiger partial charge in [-0.1, -0.05) is 12.5 Å². The molecule has 2 aromatic carbocycles. The Balaban J connectivity index is 1.67. The number of fused-ring (bicyclic) bond motifs is 4. The van der Waals surface area contributed by atoms with E-state index in [0.29, 0.717) is 94.8 Å². The van der Waals surface area contributed by atoms with Gasteiger partial charge in [-0.15, -0.1) is 0 Å². The minimum atomic E-state index is -4.40. The lowest BCUT2D eigenvalue weighted by Gasteiger charge is -2.43. The summed E-state index contributed by atoms with van der Waals surface area (Å²) in [5, 5.41) is 10.5. The van der Waals surface area contributed by atoms with E-state index in [-0.39, 0.29) is 6.42 Å². The van der Waals surface area contributed by atoms with E-state index in [1.807, 2.05) is 88.7 Å². The minimum Gasteiger partial charge on any atom is -0.481 e. The number of aryl methyl sites for hydroxylation is 1. The van der Waals surface area contributed by atoms with Crippen LogP contribution in [-0.2, 0) is 31.6 Å². The Labute approximate surface area is 310 Å². The molecule has 3 N–H and O–H groups in total. The van der Waals surface area contributed by atoms with E-state index in [0.717, 1.165) is 11.0 Å². The molecular weight excluding hydrogens is 721 g/mol. The third-order valence-corrected chi connectivity index (χ3v) is 11.6. The topological polar surface area (TPSA) is 179 Å². The molecule has 0 bridgehead atoms. The van der Waals surface area contributed by atoms with Gasteiger partial charge in [0.1, 0.15) is 35.4 Å². The van der Waals surface area contributed by atoms with Gasteiger partial charge >= 0.3 is 5.97 Å². The summed E-state index contributed by atoms with van der Waals surface area (Å²) in [7, 11) is -8.80. The summed E-state index contributed by atoms with van der Waals surface area (Å²) in [5.41, 5.74) is 2.96. The van der Waals surface area contributed by atoms with Crippen LogP contribution in [0.15, 0.2) is 48.8 Å². The maximum atomic E-state index is 12.3. The molecule has 0 fully saturated rings. The normalized spacial score (nSPS) is 17.2. The lowest BCUT2D eigenvalue weighted by atomic mass is 9.85. The smallest absolute Gasteiger partial charge is 0.303 e. The molecule has 0 spiro atoms. The van der Waals surface area contributed by atoms with Crippen molar-refractivity contribution < 1.29 is 40.6 Å². The van der Waals surface area contributed by atoms with Gasteiger partial charge in [0.15, 0.2) is 5.54 Å². The van der Waals surface area contributed by atoms with Crippen molar-refractivity contribution in [3.63, 3.8) is 0 Å². The van der Waals surface area contributed by atoms with Crippen molar-refractivity contribution in [3.8, 4) is 11.5 Å². The Hall–Kier alpha value is -4.31. The summed E-state index contributed by atoms with van der Waals surface area (Å²) < 4.78 is 80.2. The fraction of sp³-hybridized carbons (Fsp3) is 0.447. The molecule has 15 heteroatoms. The van der Waals surface area contributed by atoms with Crippen molar-refractivity contribution in [1.29, 1.82) is 0 Å². The van der Waals surface area contributed by atoms with Gasteiger partial charge in [0.2, 0.25) is 5.36 Å². The number of anilines is 1. The zero-order chi connectivity index (χ0) is 38.7. The first-order chi connectivity index (χ1) is 24.7. The predicted octanol–water partition coefficient (Wildman–Crippen LogP) is 4.35.